The Bertz CT molecular complexity index is 1480. The van der Waals surface area contributed by atoms with Crippen LogP contribution < -0.4 is 19.5 Å². The number of alkyl halides is 3. The van der Waals surface area contributed by atoms with Gasteiger partial charge in [0.25, 0.3) is 11.6 Å². The molecule has 0 saturated heterocycles. The van der Waals surface area contributed by atoms with Crippen LogP contribution in [0.25, 0.3) is 16.9 Å². The van der Waals surface area contributed by atoms with Gasteiger partial charge in [-0.05, 0) is 18.2 Å². The zero-order valence-corrected chi connectivity index (χ0v) is 19.5. The minimum Gasteiger partial charge on any atom is -0.493 e. The summed E-state index contributed by atoms with van der Waals surface area (Å²) in [4.78, 5) is 27.3. The van der Waals surface area contributed by atoms with E-state index in [1.165, 1.54) is 45.6 Å². The van der Waals surface area contributed by atoms with Crippen LogP contribution in [-0.2, 0) is 6.18 Å². The lowest BCUT2D eigenvalue weighted by Crippen LogP contribution is -2.16. The van der Waals surface area contributed by atoms with Gasteiger partial charge in [-0.25, -0.2) is 9.50 Å². The number of hydrogen-bond acceptors (Lipinski definition) is 8. The first-order chi connectivity index (χ1) is 17.5. The number of carbonyl (C=O) groups excluding carboxylic acids is 1. The van der Waals surface area contributed by atoms with Gasteiger partial charge in [-0.3, -0.25) is 14.9 Å². The summed E-state index contributed by atoms with van der Waals surface area (Å²) < 4.78 is 57.8. The molecule has 1 N–H and O–H groups in total. The molecular weight excluding hydrogens is 499 g/mol. The molecule has 1 amide bonds. The number of anilines is 1. The van der Waals surface area contributed by atoms with Gasteiger partial charge in [-0.15, -0.1) is 0 Å². The highest BCUT2D eigenvalue weighted by molar-refractivity contribution is 6.03. The van der Waals surface area contributed by atoms with Crippen molar-refractivity contribution in [3.05, 3.63) is 70.0 Å². The van der Waals surface area contributed by atoms with Gasteiger partial charge in [0.1, 0.15) is 0 Å². The molecule has 0 unspecified atom stereocenters. The summed E-state index contributed by atoms with van der Waals surface area (Å²) in [5.74, 6) is -0.0277. The summed E-state index contributed by atoms with van der Waals surface area (Å²) in [6.07, 6.45) is -4.84. The third-order valence-corrected chi connectivity index (χ3v) is 5.25. The molecule has 37 heavy (non-hydrogen) atoms. The number of hydrogen-bond donors (Lipinski definition) is 1. The number of nitro groups is 1. The molecule has 0 fully saturated rings. The first kappa shape index (κ1) is 25.2. The van der Waals surface area contributed by atoms with E-state index in [-0.39, 0.29) is 51.2 Å². The largest absolute Gasteiger partial charge is 0.493 e. The van der Waals surface area contributed by atoms with Crippen molar-refractivity contribution in [2.24, 2.45) is 0 Å². The normalized spacial score (nSPS) is 11.3. The molecule has 11 nitrogen and oxygen atoms in total. The van der Waals surface area contributed by atoms with Crippen LogP contribution in [0.3, 0.4) is 0 Å². The van der Waals surface area contributed by atoms with Crippen molar-refractivity contribution in [1.82, 2.24) is 14.6 Å². The average Bonchev–Trinajstić information content (AvgIpc) is 3.31. The number of nitrogens with one attached hydrogen (secondary N) is 1. The molecule has 0 radical (unpaired) electrons. The highest BCUT2D eigenvalue weighted by Crippen LogP contribution is 2.40. The lowest BCUT2D eigenvalue weighted by atomic mass is 10.1. The minimum absolute atomic E-state index is 0.105. The van der Waals surface area contributed by atoms with E-state index in [9.17, 15) is 28.1 Å². The van der Waals surface area contributed by atoms with Crippen LogP contribution in [0.4, 0.5) is 24.5 Å². The van der Waals surface area contributed by atoms with E-state index < -0.39 is 22.7 Å². The fraction of sp³-hybridized carbons (Fsp3) is 0.174. The maximum absolute atomic E-state index is 13.9. The van der Waals surface area contributed by atoms with E-state index in [4.69, 9.17) is 14.2 Å². The van der Waals surface area contributed by atoms with E-state index in [0.29, 0.717) is 4.52 Å². The number of ether oxygens (including phenoxy) is 3. The molecule has 0 saturated carbocycles. The Balaban J connectivity index is 1.74. The molecule has 0 bridgehead atoms. The third-order valence-electron chi connectivity index (χ3n) is 5.25. The van der Waals surface area contributed by atoms with Gasteiger partial charge in [-0.2, -0.15) is 18.3 Å². The van der Waals surface area contributed by atoms with Gasteiger partial charge in [0.15, 0.2) is 28.5 Å². The Morgan fingerprint density at radius 1 is 1.00 bits per heavy atom. The SMILES string of the molecule is COc1cc(NC(=O)c2cc3nc(-c4ccc([N+](=O)[O-])cc4)cc(C(F)(F)F)n3n2)cc(OC)c1OC. The number of benzene rings is 2. The molecule has 0 spiro atoms. The van der Waals surface area contributed by atoms with Crippen molar-refractivity contribution in [2.75, 3.05) is 26.6 Å². The summed E-state index contributed by atoms with van der Waals surface area (Å²) in [6, 6.07) is 9.61. The maximum Gasteiger partial charge on any atom is 0.433 e. The molecule has 14 heteroatoms. The molecular formula is C23H18F3N5O6. The van der Waals surface area contributed by atoms with Gasteiger partial charge < -0.3 is 19.5 Å². The number of methoxy groups -OCH3 is 3. The summed E-state index contributed by atoms with van der Waals surface area (Å²) >= 11 is 0. The number of amides is 1. The van der Waals surface area contributed by atoms with Crippen LogP contribution in [0.1, 0.15) is 16.2 Å². The van der Waals surface area contributed by atoms with Gasteiger partial charge in [0, 0.05) is 41.6 Å². The molecule has 2 aromatic carbocycles. The van der Waals surface area contributed by atoms with Crippen LogP contribution >= 0.6 is 0 Å². The average molecular weight is 517 g/mol. The fourth-order valence-corrected chi connectivity index (χ4v) is 3.54. The molecule has 2 aromatic heterocycles. The smallest absolute Gasteiger partial charge is 0.433 e. The summed E-state index contributed by atoms with van der Waals surface area (Å²) in [5.41, 5.74) is -1.68. The number of non-ortho nitro benzene ring substituents is 1. The second-order valence-electron chi connectivity index (χ2n) is 7.50. The van der Waals surface area contributed by atoms with E-state index in [0.717, 1.165) is 24.3 Å². The predicted molar refractivity (Wildman–Crippen MR) is 124 cm³/mol. The Morgan fingerprint density at radius 3 is 2.14 bits per heavy atom. The Hall–Kier alpha value is -4.88. The summed E-state index contributed by atoms with van der Waals surface area (Å²) in [7, 11) is 4.18. The molecule has 2 heterocycles. The zero-order chi connectivity index (χ0) is 26.9. The number of halogens is 3. The molecule has 4 rings (SSSR count). The number of nitro benzene ring substituents is 1. The number of nitrogens with zero attached hydrogens (tertiary/aromatic N) is 4. The van der Waals surface area contributed by atoms with Crippen LogP contribution in [0.15, 0.2) is 48.5 Å². The second kappa shape index (κ2) is 9.64. The molecule has 192 valence electrons. The van der Waals surface area contributed by atoms with Crippen LogP contribution in [0.2, 0.25) is 0 Å². The van der Waals surface area contributed by atoms with Gasteiger partial charge >= 0.3 is 6.18 Å². The molecule has 4 aromatic rings. The van der Waals surface area contributed by atoms with Crippen molar-refractivity contribution in [3.8, 4) is 28.5 Å². The van der Waals surface area contributed by atoms with Crippen LogP contribution in [0.5, 0.6) is 17.2 Å². The van der Waals surface area contributed by atoms with Gasteiger partial charge in [0.2, 0.25) is 5.75 Å². The Labute approximate surface area is 206 Å². The van der Waals surface area contributed by atoms with E-state index in [1.807, 2.05) is 0 Å². The number of carbonyl (C=O) groups is 1. The zero-order valence-electron chi connectivity index (χ0n) is 19.5. The Morgan fingerprint density at radius 2 is 1.62 bits per heavy atom. The lowest BCUT2D eigenvalue weighted by Gasteiger charge is -2.14. The quantitative estimate of drug-likeness (QED) is 0.278. The van der Waals surface area contributed by atoms with Crippen molar-refractivity contribution in [1.29, 1.82) is 0 Å². The first-order valence-electron chi connectivity index (χ1n) is 10.4. The number of rotatable bonds is 7. The summed E-state index contributed by atoms with van der Waals surface area (Å²) in [6.45, 7) is 0. The predicted octanol–water partition coefficient (Wildman–Crippen LogP) is 4.60. The molecule has 0 aliphatic heterocycles. The van der Waals surface area contributed by atoms with Crippen LogP contribution in [-0.4, -0.2) is 46.8 Å². The first-order valence-corrected chi connectivity index (χ1v) is 10.4. The molecule has 0 aliphatic rings. The van der Waals surface area contributed by atoms with E-state index >= 15 is 0 Å². The minimum atomic E-state index is -4.84. The molecule has 0 atom stereocenters. The highest BCUT2D eigenvalue weighted by Gasteiger charge is 2.35. The standard InChI is InChI=1S/C23H18F3N5O6/c1-35-17-8-13(9-18(36-2)21(17)37-3)27-22(32)16-11-20-28-15(10-19(23(24,25)26)30(20)29-16)12-4-6-14(7-5-12)31(33)34/h4-11H,1-3H3,(H,27,32). The lowest BCUT2D eigenvalue weighted by molar-refractivity contribution is -0.384. The van der Waals surface area contributed by atoms with E-state index in [2.05, 4.69) is 15.4 Å². The van der Waals surface area contributed by atoms with Gasteiger partial charge in [-0.1, -0.05) is 0 Å². The number of aromatic nitrogens is 3. The monoisotopic (exact) mass is 517 g/mol. The Kier molecular flexibility index (Phi) is 6.57. The van der Waals surface area contributed by atoms with Crippen molar-refractivity contribution in [2.45, 2.75) is 6.18 Å². The third kappa shape index (κ3) is 4.94. The topological polar surface area (TPSA) is 130 Å². The maximum atomic E-state index is 13.9. The molecule has 0 aliphatic carbocycles. The van der Waals surface area contributed by atoms with Gasteiger partial charge in [0.05, 0.1) is 31.9 Å². The van der Waals surface area contributed by atoms with Crippen molar-refractivity contribution < 1.29 is 37.1 Å². The highest BCUT2D eigenvalue weighted by atomic mass is 19.4. The van der Waals surface area contributed by atoms with Crippen molar-refractivity contribution in [3.63, 3.8) is 0 Å². The van der Waals surface area contributed by atoms with Crippen molar-refractivity contribution >= 4 is 22.9 Å². The second-order valence-corrected chi connectivity index (χ2v) is 7.50. The number of fused-ring (bicyclic) bond motifs is 1. The van der Waals surface area contributed by atoms with Crippen LogP contribution in [0, 0.1) is 10.1 Å². The van der Waals surface area contributed by atoms with E-state index in [1.54, 1.807) is 0 Å². The fourth-order valence-electron chi connectivity index (χ4n) is 3.54. The summed E-state index contributed by atoms with van der Waals surface area (Å²) in [5, 5.41) is 17.2.